The van der Waals surface area contributed by atoms with Gasteiger partial charge < -0.3 is 9.84 Å². The smallest absolute Gasteiger partial charge is 0.272 e. The van der Waals surface area contributed by atoms with Gasteiger partial charge in [0.25, 0.3) is 5.56 Å². The lowest BCUT2D eigenvalue weighted by atomic mass is 9.99. The fourth-order valence-corrected chi connectivity index (χ4v) is 3.75. The molecule has 0 aliphatic carbocycles. The molecule has 2 aromatic carbocycles. The Labute approximate surface area is 143 Å². The lowest BCUT2D eigenvalue weighted by molar-refractivity contribution is 0.175. The number of H-pyrrole nitrogens is 1. The number of hydrogen-bond acceptors (Lipinski definition) is 5. The van der Waals surface area contributed by atoms with Crippen molar-refractivity contribution >= 4 is 10.8 Å². The molecule has 0 saturated carbocycles. The number of likely N-dealkylation sites (tertiary alicyclic amines) is 1. The van der Waals surface area contributed by atoms with Crippen LogP contribution in [0.5, 0.6) is 11.5 Å². The second-order valence-corrected chi connectivity index (χ2v) is 6.69. The molecule has 0 spiro atoms. The zero-order chi connectivity index (χ0) is 17.0. The quantitative estimate of drug-likeness (QED) is 0.587. The third kappa shape index (κ3) is 2.33. The highest BCUT2D eigenvalue weighted by molar-refractivity contribution is 6.01. The number of rotatable bonds is 2. The van der Waals surface area contributed by atoms with Crippen LogP contribution >= 0.6 is 0 Å². The molecule has 1 fully saturated rings. The summed E-state index contributed by atoms with van der Waals surface area (Å²) >= 11 is 0. The van der Waals surface area contributed by atoms with E-state index in [-0.39, 0.29) is 11.7 Å². The zero-order valence-corrected chi connectivity index (χ0v) is 13.5. The predicted molar refractivity (Wildman–Crippen MR) is 93.8 cm³/mol. The normalized spacial score (nSPS) is 19.0. The summed E-state index contributed by atoms with van der Waals surface area (Å²) in [6, 6.07) is 11.5. The molecule has 6 nitrogen and oxygen atoms in total. The molecular weight excluding hydrogens is 318 g/mol. The molecular formula is C19H17N3O3. The van der Waals surface area contributed by atoms with E-state index in [1.165, 1.54) is 0 Å². The van der Waals surface area contributed by atoms with Gasteiger partial charge in [-0.1, -0.05) is 12.1 Å². The highest BCUT2D eigenvalue weighted by Gasteiger charge is 2.24. The van der Waals surface area contributed by atoms with E-state index in [9.17, 15) is 9.90 Å². The Balaban J connectivity index is 1.62. The number of nitrogens with zero attached hydrogens (tertiary/aromatic N) is 2. The number of β-amino-alcohol motifs (C(OH)–C–C–N with tert-alkyl or cyclic N) is 1. The van der Waals surface area contributed by atoms with Crippen LogP contribution in [0.25, 0.3) is 22.0 Å². The van der Waals surface area contributed by atoms with E-state index in [1.807, 2.05) is 24.3 Å². The minimum absolute atomic E-state index is 0.213. The molecule has 1 aromatic heterocycles. The van der Waals surface area contributed by atoms with Gasteiger partial charge in [0.1, 0.15) is 17.2 Å². The molecule has 6 heteroatoms. The summed E-state index contributed by atoms with van der Waals surface area (Å²) in [5, 5.41) is 17.9. The van der Waals surface area contributed by atoms with E-state index < -0.39 is 0 Å². The predicted octanol–water partition coefficient (Wildman–Crippen LogP) is 2.26. The lowest BCUT2D eigenvalue weighted by Crippen LogP contribution is -2.21. The second kappa shape index (κ2) is 5.40. The SMILES string of the molecule is O=c1[nH]nc2c3c(cccc13)Oc1ccc(CN3CCC(O)C3)cc1-2. The zero-order valence-electron chi connectivity index (χ0n) is 13.5. The van der Waals surface area contributed by atoms with Gasteiger partial charge in [-0.25, -0.2) is 5.10 Å². The Bertz CT molecular complexity index is 1040. The molecule has 0 bridgehead atoms. The maximum Gasteiger partial charge on any atom is 0.272 e. The van der Waals surface area contributed by atoms with Crippen LogP contribution in [-0.2, 0) is 6.54 Å². The van der Waals surface area contributed by atoms with Gasteiger partial charge in [0.2, 0.25) is 0 Å². The summed E-state index contributed by atoms with van der Waals surface area (Å²) in [5.41, 5.74) is 2.55. The molecule has 3 aromatic rings. The van der Waals surface area contributed by atoms with Crippen molar-refractivity contribution < 1.29 is 9.84 Å². The van der Waals surface area contributed by atoms with Gasteiger partial charge in [0.05, 0.1) is 16.9 Å². The lowest BCUT2D eigenvalue weighted by Gasteiger charge is -2.21. The Morgan fingerprint density at radius 3 is 3.04 bits per heavy atom. The van der Waals surface area contributed by atoms with Crippen molar-refractivity contribution in [1.82, 2.24) is 15.1 Å². The third-order valence-corrected chi connectivity index (χ3v) is 4.95. The van der Waals surface area contributed by atoms with Crippen LogP contribution in [0.3, 0.4) is 0 Å². The molecule has 5 rings (SSSR count). The largest absolute Gasteiger partial charge is 0.456 e. The van der Waals surface area contributed by atoms with Gasteiger partial charge in [-0.3, -0.25) is 9.69 Å². The molecule has 1 unspecified atom stereocenters. The van der Waals surface area contributed by atoms with Crippen LogP contribution in [-0.4, -0.2) is 39.4 Å². The standard InChI is InChI=1S/C19H17N3O3/c23-12-6-7-22(10-12)9-11-4-5-15-14(8-11)18-17-13(19(24)21-20-18)2-1-3-16(17)25-15/h1-5,8,12,23H,6-7,9-10H2,(H,21,24). The summed E-state index contributed by atoms with van der Waals surface area (Å²) in [7, 11) is 0. The number of fused-ring (bicyclic) bond motifs is 2. The van der Waals surface area contributed by atoms with Crippen LogP contribution in [0, 0.1) is 0 Å². The molecule has 2 N–H and O–H groups in total. The average molecular weight is 335 g/mol. The molecule has 1 saturated heterocycles. The fourth-order valence-electron chi connectivity index (χ4n) is 3.75. The maximum atomic E-state index is 12.1. The number of ether oxygens (including phenoxy) is 1. The van der Waals surface area contributed by atoms with Crippen LogP contribution in [0.2, 0.25) is 0 Å². The third-order valence-electron chi connectivity index (χ3n) is 4.95. The number of aromatic amines is 1. The number of hydrogen-bond donors (Lipinski definition) is 2. The molecule has 1 atom stereocenters. The van der Waals surface area contributed by atoms with Gasteiger partial charge in [0.15, 0.2) is 0 Å². The highest BCUT2D eigenvalue weighted by Crippen LogP contribution is 2.44. The van der Waals surface area contributed by atoms with E-state index in [1.54, 1.807) is 6.07 Å². The summed E-state index contributed by atoms with van der Waals surface area (Å²) in [5.74, 6) is 1.40. The topological polar surface area (TPSA) is 78.5 Å². The van der Waals surface area contributed by atoms with Crippen LogP contribution in [0.15, 0.2) is 41.2 Å². The number of aliphatic hydroxyl groups excluding tert-OH is 1. The van der Waals surface area contributed by atoms with Crippen LogP contribution in [0.4, 0.5) is 0 Å². The first-order chi connectivity index (χ1) is 12.2. The summed E-state index contributed by atoms with van der Waals surface area (Å²) in [4.78, 5) is 14.3. The van der Waals surface area contributed by atoms with E-state index in [4.69, 9.17) is 4.74 Å². The van der Waals surface area contributed by atoms with Gasteiger partial charge in [0, 0.05) is 25.2 Å². The van der Waals surface area contributed by atoms with Crippen molar-refractivity contribution in [2.75, 3.05) is 13.1 Å². The maximum absolute atomic E-state index is 12.1. The fraction of sp³-hybridized carbons (Fsp3) is 0.263. The summed E-state index contributed by atoms with van der Waals surface area (Å²) in [6.45, 7) is 2.38. The van der Waals surface area contributed by atoms with E-state index in [0.717, 1.165) is 47.5 Å². The Hall–Kier alpha value is -2.70. The molecule has 126 valence electrons. The van der Waals surface area contributed by atoms with E-state index in [2.05, 4.69) is 21.2 Å². The van der Waals surface area contributed by atoms with Crippen LogP contribution in [0.1, 0.15) is 12.0 Å². The Morgan fingerprint density at radius 1 is 1.28 bits per heavy atom. The van der Waals surface area contributed by atoms with Crippen molar-refractivity contribution in [2.45, 2.75) is 19.1 Å². The summed E-state index contributed by atoms with van der Waals surface area (Å²) < 4.78 is 6.00. The van der Waals surface area contributed by atoms with Gasteiger partial charge >= 0.3 is 0 Å². The second-order valence-electron chi connectivity index (χ2n) is 6.69. The number of nitrogens with one attached hydrogen (secondary N) is 1. The number of aliphatic hydroxyl groups is 1. The Kier molecular flexibility index (Phi) is 3.16. The van der Waals surface area contributed by atoms with Crippen molar-refractivity contribution in [3.8, 4) is 22.8 Å². The first kappa shape index (κ1) is 14.6. The van der Waals surface area contributed by atoms with Gasteiger partial charge in [-0.15, -0.1) is 0 Å². The van der Waals surface area contributed by atoms with Crippen molar-refractivity contribution in [2.24, 2.45) is 0 Å². The number of benzene rings is 2. The molecule has 2 aliphatic rings. The first-order valence-electron chi connectivity index (χ1n) is 8.42. The average Bonchev–Trinajstić information content (AvgIpc) is 3.02. The molecule has 0 amide bonds. The molecule has 25 heavy (non-hydrogen) atoms. The first-order valence-corrected chi connectivity index (χ1v) is 8.42. The highest BCUT2D eigenvalue weighted by atomic mass is 16.5. The molecule has 0 radical (unpaired) electrons. The van der Waals surface area contributed by atoms with E-state index >= 15 is 0 Å². The van der Waals surface area contributed by atoms with Gasteiger partial charge in [-0.05, 0) is 36.2 Å². The number of aromatic nitrogens is 2. The molecule has 3 heterocycles. The van der Waals surface area contributed by atoms with Crippen molar-refractivity contribution in [1.29, 1.82) is 0 Å². The monoisotopic (exact) mass is 335 g/mol. The Morgan fingerprint density at radius 2 is 2.20 bits per heavy atom. The summed E-state index contributed by atoms with van der Waals surface area (Å²) in [6.07, 6.45) is 0.595. The van der Waals surface area contributed by atoms with Crippen molar-refractivity contribution in [3.63, 3.8) is 0 Å². The van der Waals surface area contributed by atoms with Crippen molar-refractivity contribution in [3.05, 3.63) is 52.3 Å². The molecule has 2 aliphatic heterocycles. The minimum Gasteiger partial charge on any atom is -0.456 e. The van der Waals surface area contributed by atoms with Crippen LogP contribution < -0.4 is 10.3 Å². The minimum atomic E-state index is -0.228. The van der Waals surface area contributed by atoms with Gasteiger partial charge in [-0.2, -0.15) is 5.10 Å². The van der Waals surface area contributed by atoms with E-state index in [0.29, 0.717) is 17.7 Å².